The van der Waals surface area contributed by atoms with E-state index in [0.29, 0.717) is 11.1 Å². The predicted octanol–water partition coefficient (Wildman–Crippen LogP) is 4.01. The molecule has 2 aromatic carbocycles. The Morgan fingerprint density at radius 2 is 1.85 bits per heavy atom. The highest BCUT2D eigenvalue weighted by Crippen LogP contribution is 2.26. The van der Waals surface area contributed by atoms with Crippen molar-refractivity contribution in [3.63, 3.8) is 0 Å². The molecule has 0 aromatic heterocycles. The molecule has 20 heavy (non-hydrogen) atoms. The van der Waals surface area contributed by atoms with E-state index in [1.807, 2.05) is 0 Å². The predicted molar refractivity (Wildman–Crippen MR) is 75.7 cm³/mol. The molecule has 0 spiro atoms. The first-order chi connectivity index (χ1) is 9.51. The molecule has 2 aromatic rings. The summed E-state index contributed by atoms with van der Waals surface area (Å²) in [7, 11) is 1.35. The van der Waals surface area contributed by atoms with Gasteiger partial charge in [0.05, 0.1) is 13.2 Å². The zero-order valence-corrected chi connectivity index (χ0v) is 12.3. The Labute approximate surface area is 124 Å². The molecule has 0 radical (unpaired) electrons. The summed E-state index contributed by atoms with van der Waals surface area (Å²) in [5, 5.41) is 10.1. The molecule has 2 rings (SSSR count). The lowest BCUT2D eigenvalue weighted by Crippen LogP contribution is -2.04. The van der Waals surface area contributed by atoms with E-state index in [1.54, 1.807) is 12.1 Å². The average molecular weight is 343 g/mol. The van der Waals surface area contributed by atoms with Crippen LogP contribution in [0.1, 0.15) is 17.2 Å². The molecule has 0 bridgehead atoms. The van der Waals surface area contributed by atoms with Crippen molar-refractivity contribution in [2.24, 2.45) is 0 Å². The first-order valence-electron chi connectivity index (χ1n) is 5.96. The van der Waals surface area contributed by atoms with Gasteiger partial charge in [-0.1, -0.05) is 22.0 Å². The lowest BCUT2D eigenvalue weighted by Gasteiger charge is -2.13. The van der Waals surface area contributed by atoms with Gasteiger partial charge in [-0.3, -0.25) is 0 Å². The van der Waals surface area contributed by atoms with Crippen LogP contribution in [0, 0.1) is 11.6 Å². The largest absolute Gasteiger partial charge is 0.494 e. The second-order valence-electron chi connectivity index (χ2n) is 4.35. The highest BCUT2D eigenvalue weighted by Gasteiger charge is 2.14. The minimum Gasteiger partial charge on any atom is -0.494 e. The van der Waals surface area contributed by atoms with E-state index in [0.717, 1.165) is 4.47 Å². The molecule has 0 aliphatic rings. The Bertz CT molecular complexity index is 617. The molecule has 0 aliphatic carbocycles. The van der Waals surface area contributed by atoms with E-state index in [4.69, 9.17) is 4.74 Å². The number of rotatable bonds is 4. The maximum absolute atomic E-state index is 13.6. The summed E-state index contributed by atoms with van der Waals surface area (Å²) in [6, 6.07) is 8.62. The van der Waals surface area contributed by atoms with Crippen LogP contribution in [0.4, 0.5) is 8.78 Å². The molecule has 5 heteroatoms. The van der Waals surface area contributed by atoms with Crippen molar-refractivity contribution in [1.29, 1.82) is 0 Å². The monoisotopic (exact) mass is 342 g/mol. The Balaban J connectivity index is 2.23. The zero-order valence-electron chi connectivity index (χ0n) is 10.7. The van der Waals surface area contributed by atoms with E-state index in [1.165, 1.54) is 31.4 Å². The summed E-state index contributed by atoms with van der Waals surface area (Å²) < 4.78 is 32.5. The van der Waals surface area contributed by atoms with Crippen LogP contribution in [0.15, 0.2) is 40.9 Å². The number of halogens is 3. The fraction of sp³-hybridized carbons (Fsp3) is 0.200. The number of aliphatic hydroxyl groups is 1. The molecule has 0 aliphatic heterocycles. The third-order valence-corrected chi connectivity index (χ3v) is 3.47. The number of aliphatic hydroxyl groups excluding tert-OH is 1. The minimum atomic E-state index is -0.937. The topological polar surface area (TPSA) is 29.5 Å². The highest BCUT2D eigenvalue weighted by atomic mass is 79.9. The van der Waals surface area contributed by atoms with Crippen molar-refractivity contribution in [2.45, 2.75) is 12.5 Å². The van der Waals surface area contributed by atoms with Gasteiger partial charge in [0.15, 0.2) is 11.6 Å². The van der Waals surface area contributed by atoms with Crippen LogP contribution in [0.5, 0.6) is 5.75 Å². The van der Waals surface area contributed by atoms with E-state index in [9.17, 15) is 13.9 Å². The molecule has 2 nitrogen and oxygen atoms in total. The van der Waals surface area contributed by atoms with Gasteiger partial charge in [-0.25, -0.2) is 8.78 Å². The van der Waals surface area contributed by atoms with Gasteiger partial charge in [-0.2, -0.15) is 0 Å². The Morgan fingerprint density at radius 1 is 1.15 bits per heavy atom. The number of hydrogen-bond donors (Lipinski definition) is 1. The summed E-state index contributed by atoms with van der Waals surface area (Å²) in [6.45, 7) is 0. The van der Waals surface area contributed by atoms with Crippen LogP contribution in [0.25, 0.3) is 0 Å². The molecule has 1 unspecified atom stereocenters. The second kappa shape index (κ2) is 6.33. The fourth-order valence-corrected chi connectivity index (χ4v) is 2.32. The maximum Gasteiger partial charge on any atom is 0.165 e. The van der Waals surface area contributed by atoms with E-state index in [-0.39, 0.29) is 18.0 Å². The van der Waals surface area contributed by atoms with Gasteiger partial charge < -0.3 is 9.84 Å². The van der Waals surface area contributed by atoms with Gasteiger partial charge in [0.25, 0.3) is 0 Å². The Hall–Kier alpha value is -1.46. The molecule has 0 fully saturated rings. The third-order valence-electron chi connectivity index (χ3n) is 2.98. The highest BCUT2D eigenvalue weighted by molar-refractivity contribution is 9.10. The van der Waals surface area contributed by atoms with Gasteiger partial charge >= 0.3 is 0 Å². The van der Waals surface area contributed by atoms with Gasteiger partial charge in [-0.05, 0) is 41.5 Å². The number of methoxy groups -OCH3 is 1. The average Bonchev–Trinajstić information content (AvgIpc) is 2.43. The Kier molecular flexibility index (Phi) is 4.73. The molecule has 106 valence electrons. The van der Waals surface area contributed by atoms with Crippen molar-refractivity contribution in [2.75, 3.05) is 7.11 Å². The maximum atomic E-state index is 13.6. The van der Waals surface area contributed by atoms with E-state index < -0.39 is 11.9 Å². The van der Waals surface area contributed by atoms with Crippen molar-refractivity contribution in [3.05, 3.63) is 63.6 Å². The van der Waals surface area contributed by atoms with Crippen molar-refractivity contribution >= 4 is 15.9 Å². The van der Waals surface area contributed by atoms with E-state index in [2.05, 4.69) is 15.9 Å². The van der Waals surface area contributed by atoms with Crippen molar-refractivity contribution in [3.8, 4) is 5.75 Å². The fourth-order valence-electron chi connectivity index (χ4n) is 1.91. The third kappa shape index (κ3) is 3.35. The molecule has 1 atom stereocenters. The molecule has 0 amide bonds. The number of ether oxygens (including phenoxy) is 1. The second-order valence-corrected chi connectivity index (χ2v) is 5.27. The molecule has 0 heterocycles. The standard InChI is InChI=1S/C15H13BrF2O2/c1-20-15-8-9(2-4-13(15)18)14(19)7-10-6-11(16)3-5-12(10)17/h2-6,8,14,19H,7H2,1H3. The number of benzene rings is 2. The lowest BCUT2D eigenvalue weighted by molar-refractivity contribution is 0.176. The van der Waals surface area contributed by atoms with Crippen LogP contribution in [0.2, 0.25) is 0 Å². The van der Waals surface area contributed by atoms with Gasteiger partial charge in [0, 0.05) is 10.9 Å². The van der Waals surface area contributed by atoms with Gasteiger partial charge in [-0.15, -0.1) is 0 Å². The molecular formula is C15H13BrF2O2. The molecule has 0 saturated heterocycles. The summed E-state index contributed by atoms with van der Waals surface area (Å²) >= 11 is 3.26. The molecular weight excluding hydrogens is 330 g/mol. The SMILES string of the molecule is COc1cc(C(O)Cc2cc(Br)ccc2F)ccc1F. The first-order valence-corrected chi connectivity index (χ1v) is 6.76. The summed E-state index contributed by atoms with van der Waals surface area (Å²) in [4.78, 5) is 0. The van der Waals surface area contributed by atoms with Crippen LogP contribution in [-0.2, 0) is 6.42 Å². The Morgan fingerprint density at radius 3 is 2.55 bits per heavy atom. The quantitative estimate of drug-likeness (QED) is 0.909. The first kappa shape index (κ1) is 14.9. The summed E-state index contributed by atoms with van der Waals surface area (Å²) in [5.41, 5.74) is 0.859. The van der Waals surface area contributed by atoms with Gasteiger partial charge in [0.1, 0.15) is 5.82 Å². The van der Waals surface area contributed by atoms with Gasteiger partial charge in [0.2, 0.25) is 0 Å². The van der Waals surface area contributed by atoms with Crippen molar-refractivity contribution < 1.29 is 18.6 Å². The minimum absolute atomic E-state index is 0.0521. The zero-order chi connectivity index (χ0) is 14.7. The van der Waals surface area contributed by atoms with Crippen molar-refractivity contribution in [1.82, 2.24) is 0 Å². The lowest BCUT2D eigenvalue weighted by atomic mass is 10.0. The number of hydrogen-bond acceptors (Lipinski definition) is 2. The van der Waals surface area contributed by atoms with Crippen LogP contribution in [-0.4, -0.2) is 12.2 Å². The van der Waals surface area contributed by atoms with E-state index >= 15 is 0 Å². The normalized spacial score (nSPS) is 12.2. The van der Waals surface area contributed by atoms with Crippen LogP contribution in [0.3, 0.4) is 0 Å². The summed E-state index contributed by atoms with van der Waals surface area (Å²) in [5.74, 6) is -0.838. The van der Waals surface area contributed by atoms with Crippen LogP contribution >= 0.6 is 15.9 Å². The summed E-state index contributed by atoms with van der Waals surface area (Å²) in [6.07, 6.45) is -0.839. The molecule has 0 saturated carbocycles. The smallest absolute Gasteiger partial charge is 0.165 e. The van der Waals surface area contributed by atoms with Crippen LogP contribution < -0.4 is 4.74 Å². The molecule has 1 N–H and O–H groups in total.